The summed E-state index contributed by atoms with van der Waals surface area (Å²) < 4.78 is 0. The Bertz CT molecular complexity index is 434. The van der Waals surface area contributed by atoms with Gasteiger partial charge < -0.3 is 28.7 Å². The van der Waals surface area contributed by atoms with Gasteiger partial charge in [-0.2, -0.15) is 0 Å². The van der Waals surface area contributed by atoms with Gasteiger partial charge in [0.15, 0.2) is 0 Å². The van der Waals surface area contributed by atoms with Crippen molar-refractivity contribution >= 4 is 17.1 Å². The van der Waals surface area contributed by atoms with Crippen LogP contribution in [0.3, 0.4) is 0 Å². The van der Waals surface area contributed by atoms with Gasteiger partial charge in [0.05, 0.1) is 0 Å². The van der Waals surface area contributed by atoms with Crippen LogP contribution in [0.5, 0.6) is 0 Å². The van der Waals surface area contributed by atoms with Crippen LogP contribution >= 0.6 is 0 Å². The second-order valence-corrected chi connectivity index (χ2v) is 4.16. The predicted octanol–water partition coefficient (Wildman–Crippen LogP) is 1.04. The first-order chi connectivity index (χ1) is 9.05. The molecule has 19 heavy (non-hydrogen) atoms. The Morgan fingerprint density at radius 2 is 0.842 bits per heavy atom. The molecule has 102 valence electrons. The lowest BCUT2D eigenvalue weighted by atomic mass is 10.1. The summed E-state index contributed by atoms with van der Waals surface area (Å²) in [5.74, 6) is 0. The van der Waals surface area contributed by atoms with Crippen molar-refractivity contribution in [2.24, 2.45) is 11.5 Å². The van der Waals surface area contributed by atoms with Gasteiger partial charge in [-0.25, -0.2) is 0 Å². The molecule has 0 aromatic heterocycles. The minimum Gasteiger partial charge on any atom is -0.399 e. The Kier molecular flexibility index (Phi) is 5.66. The van der Waals surface area contributed by atoms with Gasteiger partial charge in [0.2, 0.25) is 0 Å². The minimum atomic E-state index is 0.602. The Morgan fingerprint density at radius 1 is 0.579 bits per heavy atom. The van der Waals surface area contributed by atoms with Crippen LogP contribution < -0.4 is 28.7 Å². The van der Waals surface area contributed by atoms with Crippen LogP contribution in [0.25, 0.3) is 0 Å². The normalized spacial score (nSPS) is 9.58. The number of nitrogen functional groups attached to an aromatic ring is 3. The fourth-order valence-electron chi connectivity index (χ4n) is 1.51. The van der Waals surface area contributed by atoms with E-state index in [1.807, 2.05) is 24.3 Å². The highest BCUT2D eigenvalue weighted by molar-refractivity contribution is 5.61. The quantitative estimate of drug-likeness (QED) is 0.514. The standard InChI is InChI=1S/C8H12N2.C6H9N3/c9-5-7-1-2-8(6-10)4-3-7;7-4-1-5(8)3-6(9)2-4/h1-4H,5-6,9-10H2;1-3H,7-9H2. The van der Waals surface area contributed by atoms with Gasteiger partial charge in [-0.15, -0.1) is 0 Å². The van der Waals surface area contributed by atoms with E-state index in [-0.39, 0.29) is 0 Å². The molecule has 0 aliphatic heterocycles. The first-order valence-corrected chi connectivity index (χ1v) is 5.94. The SMILES string of the molecule is NCc1ccc(CN)cc1.Nc1cc(N)cc(N)c1. The van der Waals surface area contributed by atoms with E-state index in [0.717, 1.165) is 11.1 Å². The molecule has 0 saturated carbocycles. The van der Waals surface area contributed by atoms with E-state index in [1.165, 1.54) is 0 Å². The molecule has 2 rings (SSSR count). The largest absolute Gasteiger partial charge is 0.399 e. The maximum atomic E-state index is 5.41. The predicted molar refractivity (Wildman–Crippen MR) is 81.9 cm³/mol. The summed E-state index contributed by atoms with van der Waals surface area (Å²) in [6, 6.07) is 13.0. The van der Waals surface area contributed by atoms with Crippen LogP contribution in [0.15, 0.2) is 42.5 Å². The van der Waals surface area contributed by atoms with Crippen molar-refractivity contribution in [1.29, 1.82) is 0 Å². The van der Waals surface area contributed by atoms with Gasteiger partial charge in [-0.05, 0) is 29.3 Å². The molecular formula is C14H21N5. The van der Waals surface area contributed by atoms with Crippen molar-refractivity contribution < 1.29 is 0 Å². The van der Waals surface area contributed by atoms with Gasteiger partial charge in [-0.3, -0.25) is 0 Å². The summed E-state index contributed by atoms with van der Waals surface area (Å²) in [6.07, 6.45) is 0. The number of nitrogens with two attached hydrogens (primary N) is 5. The Balaban J connectivity index is 0.000000191. The Labute approximate surface area is 113 Å². The van der Waals surface area contributed by atoms with Gasteiger partial charge in [0, 0.05) is 30.2 Å². The van der Waals surface area contributed by atoms with Crippen LogP contribution in [-0.2, 0) is 13.1 Å². The summed E-state index contributed by atoms with van der Waals surface area (Å²) in [4.78, 5) is 0. The van der Waals surface area contributed by atoms with Gasteiger partial charge in [0.1, 0.15) is 0 Å². The first kappa shape index (κ1) is 14.8. The molecule has 0 radical (unpaired) electrons. The fourth-order valence-corrected chi connectivity index (χ4v) is 1.51. The van der Waals surface area contributed by atoms with Gasteiger partial charge in [-0.1, -0.05) is 24.3 Å². The highest BCUT2D eigenvalue weighted by Gasteiger charge is 1.89. The number of rotatable bonds is 2. The third-order valence-corrected chi connectivity index (χ3v) is 2.49. The average Bonchev–Trinajstić information content (AvgIpc) is 2.38. The van der Waals surface area contributed by atoms with Crippen molar-refractivity contribution in [1.82, 2.24) is 0 Å². The summed E-state index contributed by atoms with van der Waals surface area (Å²) in [5, 5.41) is 0. The molecule has 10 N–H and O–H groups in total. The van der Waals surface area contributed by atoms with Crippen LogP contribution in [-0.4, -0.2) is 0 Å². The Morgan fingerprint density at radius 3 is 1.05 bits per heavy atom. The summed E-state index contributed by atoms with van der Waals surface area (Å²) in [7, 11) is 0. The fraction of sp³-hybridized carbons (Fsp3) is 0.143. The third kappa shape index (κ3) is 5.29. The molecule has 0 spiro atoms. The van der Waals surface area contributed by atoms with Crippen LogP contribution in [0.2, 0.25) is 0 Å². The highest BCUT2D eigenvalue weighted by atomic mass is 14.6. The van der Waals surface area contributed by atoms with E-state index in [9.17, 15) is 0 Å². The topological polar surface area (TPSA) is 130 Å². The van der Waals surface area contributed by atoms with Gasteiger partial charge in [0.25, 0.3) is 0 Å². The lowest BCUT2D eigenvalue weighted by Crippen LogP contribution is -1.98. The maximum absolute atomic E-state index is 5.41. The van der Waals surface area contributed by atoms with Crippen LogP contribution in [0.1, 0.15) is 11.1 Å². The molecule has 0 atom stereocenters. The van der Waals surface area contributed by atoms with Crippen LogP contribution in [0, 0.1) is 0 Å². The molecule has 2 aromatic carbocycles. The second kappa shape index (κ2) is 7.25. The molecule has 0 aliphatic carbocycles. The molecule has 5 nitrogen and oxygen atoms in total. The number of anilines is 3. The van der Waals surface area contributed by atoms with Crippen molar-refractivity contribution in [3.63, 3.8) is 0 Å². The molecule has 0 aliphatic rings. The van der Waals surface area contributed by atoms with Crippen molar-refractivity contribution in [2.75, 3.05) is 17.2 Å². The molecule has 5 heteroatoms. The molecule has 2 aromatic rings. The average molecular weight is 259 g/mol. The molecule has 0 saturated heterocycles. The molecule has 0 fully saturated rings. The second-order valence-electron chi connectivity index (χ2n) is 4.16. The van der Waals surface area contributed by atoms with E-state index in [0.29, 0.717) is 30.2 Å². The van der Waals surface area contributed by atoms with Crippen molar-refractivity contribution in [3.05, 3.63) is 53.6 Å². The van der Waals surface area contributed by atoms with E-state index in [4.69, 9.17) is 28.7 Å². The van der Waals surface area contributed by atoms with E-state index in [1.54, 1.807) is 18.2 Å². The number of hydrogen-bond donors (Lipinski definition) is 5. The highest BCUT2D eigenvalue weighted by Crippen LogP contribution is 2.14. The zero-order chi connectivity index (χ0) is 14.3. The third-order valence-electron chi connectivity index (χ3n) is 2.49. The molecule has 0 heterocycles. The summed E-state index contributed by atoms with van der Waals surface area (Å²) >= 11 is 0. The zero-order valence-corrected chi connectivity index (χ0v) is 10.8. The molecule has 0 bridgehead atoms. The Hall–Kier alpha value is -2.24. The number of hydrogen-bond acceptors (Lipinski definition) is 5. The van der Waals surface area contributed by atoms with E-state index in [2.05, 4.69) is 0 Å². The smallest absolute Gasteiger partial charge is 0.0355 e. The van der Waals surface area contributed by atoms with Crippen molar-refractivity contribution in [2.45, 2.75) is 13.1 Å². The van der Waals surface area contributed by atoms with E-state index < -0.39 is 0 Å². The monoisotopic (exact) mass is 259 g/mol. The maximum Gasteiger partial charge on any atom is 0.0355 e. The summed E-state index contributed by atoms with van der Waals surface area (Å²) in [6.45, 7) is 1.20. The summed E-state index contributed by atoms with van der Waals surface area (Å²) in [5.41, 5.74) is 31.1. The van der Waals surface area contributed by atoms with Gasteiger partial charge >= 0.3 is 0 Å². The first-order valence-electron chi connectivity index (χ1n) is 5.94. The molecule has 0 unspecified atom stereocenters. The minimum absolute atomic E-state index is 0.602. The van der Waals surface area contributed by atoms with E-state index >= 15 is 0 Å². The van der Waals surface area contributed by atoms with Crippen molar-refractivity contribution in [3.8, 4) is 0 Å². The zero-order valence-electron chi connectivity index (χ0n) is 10.8. The molecule has 0 amide bonds. The number of benzene rings is 2. The molecular weight excluding hydrogens is 238 g/mol. The lowest BCUT2D eigenvalue weighted by molar-refractivity contribution is 1.04. The lowest BCUT2D eigenvalue weighted by Gasteiger charge is -1.97. The van der Waals surface area contributed by atoms with Crippen LogP contribution in [0.4, 0.5) is 17.1 Å².